The van der Waals surface area contributed by atoms with E-state index >= 15 is 0 Å². The molecular formula is C14H26N2O3. The highest BCUT2D eigenvalue weighted by molar-refractivity contribution is 4.96. The van der Waals surface area contributed by atoms with Crippen molar-refractivity contribution in [1.82, 2.24) is 10.9 Å². The van der Waals surface area contributed by atoms with Crippen LogP contribution in [0.2, 0.25) is 0 Å². The van der Waals surface area contributed by atoms with Crippen molar-refractivity contribution in [1.29, 1.82) is 0 Å². The minimum absolute atomic E-state index is 0.0381. The van der Waals surface area contributed by atoms with E-state index < -0.39 is 6.29 Å². The molecule has 5 heteroatoms. The van der Waals surface area contributed by atoms with Crippen molar-refractivity contribution in [3.63, 3.8) is 0 Å². The number of hydrogen-bond acceptors (Lipinski definition) is 5. The number of fused-ring (bicyclic) bond motifs is 1. The third-order valence-electron chi connectivity index (χ3n) is 5.25. The Morgan fingerprint density at radius 1 is 1.16 bits per heavy atom. The maximum Gasteiger partial charge on any atom is 0.156 e. The van der Waals surface area contributed by atoms with Crippen LogP contribution >= 0.6 is 0 Å². The van der Waals surface area contributed by atoms with Crippen LogP contribution in [0.5, 0.6) is 0 Å². The van der Waals surface area contributed by atoms with Crippen LogP contribution in [0, 0.1) is 17.8 Å². The number of hydrazine groups is 1. The fraction of sp³-hybridized carbons (Fsp3) is 1.00. The summed E-state index contributed by atoms with van der Waals surface area (Å²) >= 11 is 0. The van der Waals surface area contributed by atoms with E-state index in [1.165, 1.54) is 12.8 Å². The molecule has 5 nitrogen and oxygen atoms in total. The Morgan fingerprint density at radius 2 is 1.89 bits per heavy atom. The summed E-state index contributed by atoms with van der Waals surface area (Å²) in [6.45, 7) is 2.23. The molecule has 19 heavy (non-hydrogen) atoms. The van der Waals surface area contributed by atoms with Gasteiger partial charge in [0.2, 0.25) is 0 Å². The molecule has 3 N–H and O–H groups in total. The summed E-state index contributed by atoms with van der Waals surface area (Å²) in [5.74, 6) is 1.64. The van der Waals surface area contributed by atoms with Gasteiger partial charge in [-0.3, -0.25) is 5.43 Å². The van der Waals surface area contributed by atoms with Crippen LogP contribution in [0.25, 0.3) is 0 Å². The highest BCUT2D eigenvalue weighted by Gasteiger charge is 2.47. The van der Waals surface area contributed by atoms with Crippen LogP contribution in [-0.2, 0) is 9.47 Å². The van der Waals surface area contributed by atoms with Gasteiger partial charge in [-0.15, -0.1) is 0 Å². The predicted molar refractivity (Wildman–Crippen MR) is 71.0 cm³/mol. The first-order valence-electron chi connectivity index (χ1n) is 7.56. The summed E-state index contributed by atoms with van der Waals surface area (Å²) in [4.78, 5) is 0. The number of methoxy groups -OCH3 is 1. The van der Waals surface area contributed by atoms with E-state index in [0.717, 1.165) is 19.3 Å². The second kappa shape index (κ2) is 5.66. The molecule has 5 unspecified atom stereocenters. The first-order chi connectivity index (χ1) is 9.19. The second-order valence-electron chi connectivity index (χ2n) is 6.39. The monoisotopic (exact) mass is 270 g/mol. The van der Waals surface area contributed by atoms with Crippen molar-refractivity contribution in [3.8, 4) is 0 Å². The zero-order valence-corrected chi connectivity index (χ0v) is 11.8. The molecule has 1 saturated carbocycles. The van der Waals surface area contributed by atoms with Gasteiger partial charge in [0.05, 0.1) is 6.10 Å². The normalized spacial score (nSPS) is 51.0. The first kappa shape index (κ1) is 13.8. The van der Waals surface area contributed by atoms with E-state index in [2.05, 4.69) is 17.8 Å². The molecule has 0 radical (unpaired) electrons. The molecule has 3 fully saturated rings. The number of nitrogens with one attached hydrogen (secondary N) is 2. The number of hydrogen-bond donors (Lipinski definition) is 3. The maximum absolute atomic E-state index is 9.68. The number of aliphatic hydroxyl groups is 1. The van der Waals surface area contributed by atoms with Gasteiger partial charge in [0.1, 0.15) is 6.23 Å². The van der Waals surface area contributed by atoms with E-state index in [1.54, 1.807) is 0 Å². The fourth-order valence-corrected chi connectivity index (χ4v) is 4.15. The van der Waals surface area contributed by atoms with Crippen LogP contribution in [-0.4, -0.2) is 36.9 Å². The van der Waals surface area contributed by atoms with Crippen molar-refractivity contribution in [2.75, 3.05) is 7.11 Å². The zero-order valence-electron chi connectivity index (χ0n) is 11.8. The quantitative estimate of drug-likeness (QED) is 0.698. The van der Waals surface area contributed by atoms with Gasteiger partial charge < -0.3 is 14.6 Å². The summed E-state index contributed by atoms with van der Waals surface area (Å²) in [6.07, 6.45) is 5.30. The van der Waals surface area contributed by atoms with Crippen LogP contribution in [0.4, 0.5) is 0 Å². The van der Waals surface area contributed by atoms with E-state index in [9.17, 15) is 5.11 Å². The molecule has 1 aliphatic carbocycles. The van der Waals surface area contributed by atoms with Crippen LogP contribution in [0.3, 0.4) is 0 Å². The van der Waals surface area contributed by atoms with Crippen LogP contribution in [0.15, 0.2) is 0 Å². The standard InChI is InChI=1S/C14H26N2O3/c1-8-7-11(17)19-14-12(8)13(15-16-14)9-3-5-10(18-2)6-4-9/h8-17H,3-7H2,1-2H3. The van der Waals surface area contributed by atoms with Gasteiger partial charge in [-0.25, -0.2) is 5.43 Å². The van der Waals surface area contributed by atoms with E-state index in [4.69, 9.17) is 9.47 Å². The lowest BCUT2D eigenvalue weighted by atomic mass is 9.73. The molecule has 5 atom stereocenters. The Labute approximate surface area is 115 Å². The molecule has 0 aromatic rings. The lowest BCUT2D eigenvalue weighted by Crippen LogP contribution is -2.46. The summed E-state index contributed by atoms with van der Waals surface area (Å²) in [7, 11) is 1.81. The third kappa shape index (κ3) is 2.67. The lowest BCUT2D eigenvalue weighted by Gasteiger charge is -2.40. The molecule has 3 rings (SSSR count). The number of aliphatic hydroxyl groups excluding tert-OH is 1. The van der Waals surface area contributed by atoms with Crippen molar-refractivity contribution >= 4 is 0 Å². The predicted octanol–water partition coefficient (Wildman–Crippen LogP) is 0.985. The van der Waals surface area contributed by atoms with Crippen molar-refractivity contribution < 1.29 is 14.6 Å². The minimum Gasteiger partial charge on any atom is -0.381 e. The molecule has 0 bridgehead atoms. The molecule has 2 heterocycles. The Morgan fingerprint density at radius 3 is 2.58 bits per heavy atom. The van der Waals surface area contributed by atoms with Crippen LogP contribution < -0.4 is 10.9 Å². The molecule has 0 spiro atoms. The largest absolute Gasteiger partial charge is 0.381 e. The molecule has 0 aromatic carbocycles. The number of ether oxygens (including phenoxy) is 2. The summed E-state index contributed by atoms with van der Waals surface area (Å²) in [5, 5.41) is 9.68. The average molecular weight is 270 g/mol. The molecule has 110 valence electrons. The van der Waals surface area contributed by atoms with Crippen molar-refractivity contribution in [3.05, 3.63) is 0 Å². The van der Waals surface area contributed by atoms with Gasteiger partial charge in [-0.1, -0.05) is 6.92 Å². The summed E-state index contributed by atoms with van der Waals surface area (Å²) in [6, 6.07) is 0.463. The Hall–Kier alpha value is -0.200. The molecule has 0 amide bonds. The summed E-state index contributed by atoms with van der Waals surface area (Å²) in [5.41, 5.74) is 6.65. The van der Waals surface area contributed by atoms with Crippen LogP contribution in [0.1, 0.15) is 39.0 Å². The SMILES string of the molecule is COC1CCC(C2NNC3OC(O)CC(C)C32)CC1. The molecule has 3 aliphatic rings. The minimum atomic E-state index is -0.617. The van der Waals surface area contributed by atoms with Gasteiger partial charge in [-0.05, 0) is 37.5 Å². The Kier molecular flexibility index (Phi) is 4.10. The van der Waals surface area contributed by atoms with Gasteiger partial charge in [0.15, 0.2) is 6.29 Å². The topological polar surface area (TPSA) is 62.8 Å². The van der Waals surface area contributed by atoms with E-state index in [0.29, 0.717) is 29.9 Å². The molecule has 2 aliphatic heterocycles. The zero-order chi connectivity index (χ0) is 13.4. The van der Waals surface area contributed by atoms with Gasteiger partial charge >= 0.3 is 0 Å². The maximum atomic E-state index is 9.68. The lowest BCUT2D eigenvalue weighted by molar-refractivity contribution is -0.198. The fourth-order valence-electron chi connectivity index (χ4n) is 4.15. The molecular weight excluding hydrogens is 244 g/mol. The molecule has 2 saturated heterocycles. The van der Waals surface area contributed by atoms with Gasteiger partial charge in [0, 0.05) is 25.5 Å². The Balaban J connectivity index is 1.63. The van der Waals surface area contributed by atoms with E-state index in [-0.39, 0.29) is 6.23 Å². The van der Waals surface area contributed by atoms with Crippen molar-refractivity contribution in [2.45, 2.75) is 63.7 Å². The number of rotatable bonds is 2. The highest BCUT2D eigenvalue weighted by atomic mass is 16.6. The third-order valence-corrected chi connectivity index (χ3v) is 5.25. The smallest absolute Gasteiger partial charge is 0.156 e. The average Bonchev–Trinajstić information content (AvgIpc) is 2.83. The summed E-state index contributed by atoms with van der Waals surface area (Å²) < 4.78 is 11.1. The second-order valence-corrected chi connectivity index (χ2v) is 6.39. The highest BCUT2D eigenvalue weighted by Crippen LogP contribution is 2.40. The van der Waals surface area contributed by atoms with Gasteiger partial charge in [0.25, 0.3) is 0 Å². The van der Waals surface area contributed by atoms with Crippen molar-refractivity contribution in [2.24, 2.45) is 17.8 Å². The molecule has 0 aromatic heterocycles. The first-order valence-corrected chi connectivity index (χ1v) is 7.56. The Bertz CT molecular complexity index is 307. The van der Waals surface area contributed by atoms with E-state index in [1.807, 2.05) is 7.11 Å². The van der Waals surface area contributed by atoms with Gasteiger partial charge in [-0.2, -0.15) is 0 Å².